The number of aromatic nitrogens is 5. The summed E-state index contributed by atoms with van der Waals surface area (Å²) in [7, 11) is 0. The Bertz CT molecular complexity index is 2210. The number of pyridine rings is 3. The SMILES string of the molecule is c1ccc2c(c1)c1cnccc1n2-c1ccc(-c2cncc(-c3ccc(-n4c5ccccc5c5cnccc54)cc3)c2)cc1. The molecule has 5 heteroatoms. The Morgan fingerprint density at radius 3 is 1.25 bits per heavy atom. The molecule has 5 aromatic heterocycles. The maximum atomic E-state index is 4.62. The van der Waals surface area contributed by atoms with Gasteiger partial charge in [-0.25, -0.2) is 0 Å². The zero-order valence-corrected chi connectivity index (χ0v) is 23.7. The smallest absolute Gasteiger partial charge is 0.0571 e. The molecular weight excluding hydrogens is 538 g/mol. The van der Waals surface area contributed by atoms with Gasteiger partial charge in [-0.15, -0.1) is 0 Å². The molecule has 44 heavy (non-hydrogen) atoms. The van der Waals surface area contributed by atoms with Crippen LogP contribution in [0.3, 0.4) is 0 Å². The van der Waals surface area contributed by atoms with Crippen LogP contribution in [0.15, 0.2) is 152 Å². The number of para-hydroxylation sites is 2. The van der Waals surface area contributed by atoms with Gasteiger partial charge in [-0.1, -0.05) is 60.7 Å². The van der Waals surface area contributed by atoms with Crippen LogP contribution in [0, 0.1) is 0 Å². The van der Waals surface area contributed by atoms with E-state index in [4.69, 9.17) is 0 Å². The fourth-order valence-corrected chi connectivity index (χ4v) is 6.55. The molecule has 0 aliphatic heterocycles. The molecule has 0 atom stereocenters. The van der Waals surface area contributed by atoms with Crippen molar-refractivity contribution in [3.63, 3.8) is 0 Å². The van der Waals surface area contributed by atoms with Gasteiger partial charge in [0, 0.05) is 81.2 Å². The monoisotopic (exact) mass is 563 g/mol. The molecule has 0 aliphatic carbocycles. The maximum absolute atomic E-state index is 4.62. The Kier molecular flexibility index (Phi) is 5.43. The highest BCUT2D eigenvalue weighted by Gasteiger charge is 2.14. The minimum absolute atomic E-state index is 1.08. The van der Waals surface area contributed by atoms with E-state index in [1.54, 1.807) is 0 Å². The van der Waals surface area contributed by atoms with Gasteiger partial charge in [0.15, 0.2) is 0 Å². The summed E-state index contributed by atoms with van der Waals surface area (Å²) in [5, 5.41) is 4.73. The zero-order valence-electron chi connectivity index (χ0n) is 23.7. The zero-order chi connectivity index (χ0) is 29.0. The molecule has 0 saturated heterocycles. The Labute approximate surface area is 253 Å². The molecule has 0 fully saturated rings. The lowest BCUT2D eigenvalue weighted by molar-refractivity contribution is 1.17. The van der Waals surface area contributed by atoms with E-state index in [2.05, 4.69) is 139 Å². The second kappa shape index (κ2) is 9.75. The van der Waals surface area contributed by atoms with Gasteiger partial charge in [0.25, 0.3) is 0 Å². The Morgan fingerprint density at radius 2 is 0.773 bits per heavy atom. The van der Waals surface area contributed by atoms with Gasteiger partial charge in [0.2, 0.25) is 0 Å². The highest BCUT2D eigenvalue weighted by atomic mass is 15.0. The molecule has 0 unspecified atom stereocenters. The van der Waals surface area contributed by atoms with Crippen LogP contribution in [0.4, 0.5) is 0 Å². The van der Waals surface area contributed by atoms with Gasteiger partial charge in [-0.05, 0) is 65.7 Å². The summed E-state index contributed by atoms with van der Waals surface area (Å²) < 4.78 is 4.61. The van der Waals surface area contributed by atoms with Crippen molar-refractivity contribution in [2.24, 2.45) is 0 Å². The minimum atomic E-state index is 1.08. The Morgan fingerprint density at radius 1 is 0.341 bits per heavy atom. The summed E-state index contributed by atoms with van der Waals surface area (Å²) in [5.74, 6) is 0. The first-order valence-corrected chi connectivity index (χ1v) is 14.7. The molecule has 9 aromatic rings. The van der Waals surface area contributed by atoms with Crippen molar-refractivity contribution in [3.8, 4) is 33.6 Å². The molecule has 0 amide bonds. The van der Waals surface area contributed by atoms with Gasteiger partial charge in [-0.2, -0.15) is 0 Å². The van der Waals surface area contributed by atoms with Gasteiger partial charge in [-0.3, -0.25) is 15.0 Å². The average Bonchev–Trinajstić information content (AvgIpc) is 3.62. The number of fused-ring (bicyclic) bond motifs is 6. The van der Waals surface area contributed by atoms with Crippen molar-refractivity contribution in [1.82, 2.24) is 24.1 Å². The number of benzene rings is 4. The normalized spacial score (nSPS) is 11.6. The molecule has 9 rings (SSSR count). The summed E-state index contributed by atoms with van der Waals surface area (Å²) in [6.45, 7) is 0. The molecule has 206 valence electrons. The third-order valence-electron chi connectivity index (χ3n) is 8.60. The van der Waals surface area contributed by atoms with E-state index in [1.165, 1.54) is 21.8 Å². The van der Waals surface area contributed by atoms with Crippen LogP contribution < -0.4 is 0 Å². The molecule has 4 aromatic carbocycles. The highest BCUT2D eigenvalue weighted by Crippen LogP contribution is 2.34. The van der Waals surface area contributed by atoms with Crippen LogP contribution in [0.2, 0.25) is 0 Å². The summed E-state index contributed by atoms with van der Waals surface area (Å²) >= 11 is 0. The number of hydrogen-bond donors (Lipinski definition) is 0. The van der Waals surface area contributed by atoms with Gasteiger partial charge in [0.1, 0.15) is 0 Å². The fraction of sp³-hybridized carbons (Fsp3) is 0. The van der Waals surface area contributed by atoms with E-state index < -0.39 is 0 Å². The molecule has 0 saturated carbocycles. The van der Waals surface area contributed by atoms with Crippen LogP contribution >= 0.6 is 0 Å². The van der Waals surface area contributed by atoms with Gasteiger partial charge < -0.3 is 9.13 Å². The van der Waals surface area contributed by atoms with Gasteiger partial charge in [0.05, 0.1) is 22.1 Å². The minimum Gasteiger partial charge on any atom is -0.309 e. The number of rotatable bonds is 4. The summed E-state index contributed by atoms with van der Waals surface area (Å²) in [6.07, 6.45) is 11.5. The molecule has 0 aliphatic rings. The Hall–Kier alpha value is -6.07. The largest absolute Gasteiger partial charge is 0.309 e. The first kappa shape index (κ1) is 24.5. The maximum Gasteiger partial charge on any atom is 0.0571 e. The summed E-state index contributed by atoms with van der Waals surface area (Å²) in [4.78, 5) is 13.4. The van der Waals surface area contributed by atoms with E-state index >= 15 is 0 Å². The third kappa shape index (κ3) is 3.76. The standard InChI is InChI=1S/C39H25N5/c1-3-7-36-32(5-1)34-24-40-19-17-38(34)43(36)30-13-9-26(10-14-30)28-21-29(23-42-22-28)27-11-15-31(16-12-27)44-37-8-4-2-6-33(37)35-25-41-20-18-39(35)44/h1-25H. The highest BCUT2D eigenvalue weighted by molar-refractivity contribution is 6.09. The van der Waals surface area contributed by atoms with Crippen LogP contribution in [-0.4, -0.2) is 24.1 Å². The van der Waals surface area contributed by atoms with Crippen LogP contribution in [0.25, 0.3) is 77.2 Å². The lowest BCUT2D eigenvalue weighted by Crippen LogP contribution is -1.94. The van der Waals surface area contributed by atoms with Crippen LogP contribution in [0.1, 0.15) is 0 Å². The van der Waals surface area contributed by atoms with E-state index in [0.717, 1.165) is 55.4 Å². The lowest BCUT2D eigenvalue weighted by Gasteiger charge is -2.11. The van der Waals surface area contributed by atoms with Crippen molar-refractivity contribution < 1.29 is 0 Å². The molecule has 0 N–H and O–H groups in total. The molecule has 0 spiro atoms. The predicted octanol–water partition coefficient (Wildman–Crippen LogP) is 9.40. The molecule has 0 radical (unpaired) electrons. The summed E-state index contributed by atoms with van der Waals surface area (Å²) in [6, 6.07) is 40.8. The molecule has 5 nitrogen and oxygen atoms in total. The number of nitrogens with zero attached hydrogens (tertiary/aromatic N) is 5. The molecule has 0 bridgehead atoms. The predicted molar refractivity (Wildman–Crippen MR) is 179 cm³/mol. The van der Waals surface area contributed by atoms with Crippen molar-refractivity contribution in [1.29, 1.82) is 0 Å². The quantitative estimate of drug-likeness (QED) is 0.214. The second-order valence-corrected chi connectivity index (χ2v) is 11.0. The van der Waals surface area contributed by atoms with Crippen LogP contribution in [0.5, 0.6) is 0 Å². The number of hydrogen-bond acceptors (Lipinski definition) is 3. The molecule has 5 heterocycles. The van der Waals surface area contributed by atoms with Crippen LogP contribution in [-0.2, 0) is 0 Å². The van der Waals surface area contributed by atoms with Crippen molar-refractivity contribution in [2.45, 2.75) is 0 Å². The topological polar surface area (TPSA) is 48.5 Å². The van der Waals surface area contributed by atoms with Gasteiger partial charge >= 0.3 is 0 Å². The van der Waals surface area contributed by atoms with Crippen molar-refractivity contribution in [3.05, 3.63) is 152 Å². The first-order chi connectivity index (χ1) is 21.8. The fourth-order valence-electron chi connectivity index (χ4n) is 6.55. The first-order valence-electron chi connectivity index (χ1n) is 14.7. The molecular formula is C39H25N5. The van der Waals surface area contributed by atoms with Crippen molar-refractivity contribution >= 4 is 43.6 Å². The van der Waals surface area contributed by atoms with E-state index in [0.29, 0.717) is 0 Å². The lowest BCUT2D eigenvalue weighted by atomic mass is 10.0. The average molecular weight is 564 g/mol. The summed E-state index contributed by atoms with van der Waals surface area (Å²) in [5.41, 5.74) is 11.3. The second-order valence-electron chi connectivity index (χ2n) is 11.0. The van der Waals surface area contributed by atoms with E-state index in [9.17, 15) is 0 Å². The Balaban J connectivity index is 1.06. The van der Waals surface area contributed by atoms with E-state index in [-0.39, 0.29) is 0 Å². The van der Waals surface area contributed by atoms with E-state index in [1.807, 2.05) is 37.2 Å². The third-order valence-corrected chi connectivity index (χ3v) is 8.60. The van der Waals surface area contributed by atoms with Crippen molar-refractivity contribution in [2.75, 3.05) is 0 Å².